The number of ketones is 2. The van der Waals surface area contributed by atoms with E-state index >= 15 is 0 Å². The number of methoxy groups -OCH3 is 1. The smallest absolute Gasteiger partial charge is 0.188 e. The zero-order chi connectivity index (χ0) is 17.4. The third-order valence-electron chi connectivity index (χ3n) is 3.56. The largest absolute Gasteiger partial charge is 0.494 e. The number of nitrogens with zero attached hydrogens (tertiary/aromatic N) is 1. The van der Waals surface area contributed by atoms with Gasteiger partial charge in [-0.2, -0.15) is 5.26 Å². The summed E-state index contributed by atoms with van der Waals surface area (Å²) in [7, 11) is -2.64. The van der Waals surface area contributed by atoms with Gasteiger partial charge in [0.05, 0.1) is 18.2 Å². The van der Waals surface area contributed by atoms with Crippen molar-refractivity contribution in [2.24, 2.45) is 11.8 Å². The number of hydrogen-bond acceptors (Lipinski definition) is 6. The molecule has 0 aromatic heterocycles. The predicted octanol–water partition coefficient (Wildman–Crippen LogP) is 2.05. The van der Waals surface area contributed by atoms with Crippen LogP contribution in [0.25, 0.3) is 0 Å². The molecule has 0 radical (unpaired) electrons. The second-order valence-corrected chi connectivity index (χ2v) is 7.69. The standard InChI is InChI=1S/C15H14ClNO5S/c1-22-14-11(16)6-5-9(15(14)23(2,20)21)13(19)10(7-17)12(18)8-3-4-8/h5-6,8,10H,3-4H2,1-2H3. The molecule has 1 aromatic rings. The average molecular weight is 356 g/mol. The van der Waals surface area contributed by atoms with Gasteiger partial charge in [-0.05, 0) is 25.0 Å². The van der Waals surface area contributed by atoms with Gasteiger partial charge in [0.1, 0.15) is 4.90 Å². The van der Waals surface area contributed by atoms with Crippen molar-refractivity contribution in [3.05, 3.63) is 22.7 Å². The molecule has 0 N–H and O–H groups in total. The minimum atomic E-state index is -3.87. The lowest BCUT2D eigenvalue weighted by Gasteiger charge is -2.14. The summed E-state index contributed by atoms with van der Waals surface area (Å²) in [6.07, 6.45) is 2.20. The molecular formula is C15H14ClNO5S. The summed E-state index contributed by atoms with van der Waals surface area (Å²) in [6.45, 7) is 0. The highest BCUT2D eigenvalue weighted by Crippen LogP contribution is 2.37. The van der Waals surface area contributed by atoms with Gasteiger partial charge in [-0.1, -0.05) is 11.6 Å². The molecule has 1 aromatic carbocycles. The van der Waals surface area contributed by atoms with E-state index in [-0.39, 0.29) is 22.3 Å². The van der Waals surface area contributed by atoms with E-state index in [0.29, 0.717) is 12.8 Å². The number of sulfone groups is 1. The molecule has 0 heterocycles. The Morgan fingerprint density at radius 1 is 1.39 bits per heavy atom. The first kappa shape index (κ1) is 17.4. The van der Waals surface area contributed by atoms with Crippen LogP contribution in [0.2, 0.25) is 5.02 Å². The zero-order valence-corrected chi connectivity index (χ0v) is 14.1. The Bertz CT molecular complexity index is 821. The highest BCUT2D eigenvalue weighted by Gasteiger charge is 2.40. The number of nitriles is 1. The number of halogens is 1. The summed E-state index contributed by atoms with van der Waals surface area (Å²) in [5.74, 6) is -3.30. The summed E-state index contributed by atoms with van der Waals surface area (Å²) < 4.78 is 29.1. The van der Waals surface area contributed by atoms with Crippen molar-refractivity contribution in [1.29, 1.82) is 5.26 Å². The zero-order valence-electron chi connectivity index (χ0n) is 12.5. The normalized spacial score (nSPS) is 15.6. The van der Waals surface area contributed by atoms with Gasteiger partial charge in [0.25, 0.3) is 0 Å². The molecular weight excluding hydrogens is 342 g/mol. The van der Waals surface area contributed by atoms with Gasteiger partial charge >= 0.3 is 0 Å². The topological polar surface area (TPSA) is 101 Å². The molecule has 1 aliphatic rings. The molecule has 6 nitrogen and oxygen atoms in total. The Kier molecular flexibility index (Phi) is 4.78. The molecule has 0 aliphatic heterocycles. The Morgan fingerprint density at radius 2 is 2.00 bits per heavy atom. The highest BCUT2D eigenvalue weighted by molar-refractivity contribution is 7.91. The Labute approximate surface area is 138 Å². The molecule has 0 bridgehead atoms. The summed E-state index contributed by atoms with van der Waals surface area (Å²) in [5.41, 5.74) is -0.255. The summed E-state index contributed by atoms with van der Waals surface area (Å²) in [5, 5.41) is 9.20. The summed E-state index contributed by atoms with van der Waals surface area (Å²) in [6, 6.07) is 4.19. The van der Waals surface area contributed by atoms with E-state index in [1.165, 1.54) is 19.2 Å². The number of benzene rings is 1. The van der Waals surface area contributed by atoms with Crippen molar-refractivity contribution in [3.63, 3.8) is 0 Å². The first-order valence-corrected chi connectivity index (χ1v) is 9.03. The molecule has 1 atom stereocenters. The number of carbonyl (C=O) groups is 2. The van der Waals surface area contributed by atoms with Crippen LogP contribution in [0.15, 0.2) is 17.0 Å². The lowest BCUT2D eigenvalue weighted by Crippen LogP contribution is -2.25. The van der Waals surface area contributed by atoms with Crippen LogP contribution in [0.4, 0.5) is 0 Å². The first-order chi connectivity index (χ1) is 10.7. The predicted molar refractivity (Wildman–Crippen MR) is 82.3 cm³/mol. The van der Waals surface area contributed by atoms with Crippen LogP contribution < -0.4 is 4.74 Å². The van der Waals surface area contributed by atoms with Crippen molar-refractivity contribution in [2.45, 2.75) is 17.7 Å². The van der Waals surface area contributed by atoms with Crippen molar-refractivity contribution in [3.8, 4) is 11.8 Å². The van der Waals surface area contributed by atoms with E-state index in [2.05, 4.69) is 0 Å². The van der Waals surface area contributed by atoms with Gasteiger partial charge in [-0.15, -0.1) is 0 Å². The number of hydrogen-bond donors (Lipinski definition) is 0. The van der Waals surface area contributed by atoms with Crippen molar-refractivity contribution in [2.75, 3.05) is 13.4 Å². The number of Topliss-reactive ketones (excluding diaryl/α,β-unsaturated/α-hetero) is 2. The maximum absolute atomic E-state index is 12.6. The second kappa shape index (κ2) is 6.30. The lowest BCUT2D eigenvalue weighted by atomic mass is 9.92. The molecule has 1 unspecified atom stereocenters. The molecule has 2 rings (SSSR count). The third kappa shape index (κ3) is 3.38. The van der Waals surface area contributed by atoms with Gasteiger partial charge in [-0.3, -0.25) is 9.59 Å². The Morgan fingerprint density at radius 3 is 2.43 bits per heavy atom. The number of rotatable bonds is 6. The third-order valence-corrected chi connectivity index (χ3v) is 5.00. The maximum Gasteiger partial charge on any atom is 0.188 e. The van der Waals surface area contributed by atoms with Crippen LogP contribution in [0, 0.1) is 23.2 Å². The molecule has 1 aliphatic carbocycles. The highest BCUT2D eigenvalue weighted by atomic mass is 35.5. The van der Waals surface area contributed by atoms with E-state index in [9.17, 15) is 23.3 Å². The van der Waals surface area contributed by atoms with Gasteiger partial charge in [0.15, 0.2) is 33.1 Å². The quantitative estimate of drug-likeness (QED) is 0.571. The van der Waals surface area contributed by atoms with Crippen LogP contribution in [-0.2, 0) is 14.6 Å². The molecule has 1 saturated carbocycles. The van der Waals surface area contributed by atoms with Gasteiger partial charge < -0.3 is 4.74 Å². The fourth-order valence-electron chi connectivity index (χ4n) is 2.30. The lowest BCUT2D eigenvalue weighted by molar-refractivity contribution is -0.121. The molecule has 0 amide bonds. The van der Waals surface area contributed by atoms with E-state index in [1.807, 2.05) is 0 Å². The molecule has 122 valence electrons. The Balaban J connectivity index is 2.61. The average Bonchev–Trinajstić information content (AvgIpc) is 3.30. The maximum atomic E-state index is 12.6. The molecule has 23 heavy (non-hydrogen) atoms. The minimum Gasteiger partial charge on any atom is -0.494 e. The van der Waals surface area contributed by atoms with Crippen LogP contribution in [-0.4, -0.2) is 33.3 Å². The SMILES string of the molecule is COc1c(Cl)ccc(C(=O)C(C#N)C(=O)C2CC2)c1S(C)(=O)=O. The number of ether oxygens (including phenoxy) is 1. The van der Waals surface area contributed by atoms with Crippen LogP contribution in [0.5, 0.6) is 5.75 Å². The second-order valence-electron chi connectivity index (χ2n) is 5.33. The van der Waals surface area contributed by atoms with E-state index in [0.717, 1.165) is 6.26 Å². The Hall–Kier alpha value is -1.91. The van der Waals surface area contributed by atoms with Crippen molar-refractivity contribution >= 4 is 33.0 Å². The molecule has 1 fully saturated rings. The molecule has 0 saturated heterocycles. The van der Waals surface area contributed by atoms with E-state index < -0.39 is 32.2 Å². The molecule has 0 spiro atoms. The van der Waals surface area contributed by atoms with Gasteiger partial charge in [0, 0.05) is 17.7 Å². The molecule has 8 heteroatoms. The van der Waals surface area contributed by atoms with E-state index in [1.54, 1.807) is 6.07 Å². The number of carbonyl (C=O) groups excluding carboxylic acids is 2. The van der Waals surface area contributed by atoms with Crippen molar-refractivity contribution in [1.82, 2.24) is 0 Å². The van der Waals surface area contributed by atoms with Crippen LogP contribution in [0.1, 0.15) is 23.2 Å². The minimum absolute atomic E-state index is 0.0199. The van der Waals surface area contributed by atoms with E-state index in [4.69, 9.17) is 16.3 Å². The first-order valence-electron chi connectivity index (χ1n) is 6.76. The van der Waals surface area contributed by atoms with Gasteiger partial charge in [0.2, 0.25) is 0 Å². The van der Waals surface area contributed by atoms with Crippen LogP contribution in [0.3, 0.4) is 0 Å². The fraction of sp³-hybridized carbons (Fsp3) is 0.400. The summed E-state index contributed by atoms with van der Waals surface area (Å²) in [4.78, 5) is 24.3. The van der Waals surface area contributed by atoms with Gasteiger partial charge in [-0.25, -0.2) is 8.42 Å². The fourth-order valence-corrected chi connectivity index (χ4v) is 3.69. The summed E-state index contributed by atoms with van der Waals surface area (Å²) >= 11 is 5.92. The van der Waals surface area contributed by atoms with Crippen molar-refractivity contribution < 1.29 is 22.7 Å². The monoisotopic (exact) mass is 355 g/mol. The van der Waals surface area contributed by atoms with Crippen LogP contribution >= 0.6 is 11.6 Å².